The van der Waals surface area contributed by atoms with Gasteiger partial charge in [-0.3, -0.25) is 5.73 Å². The van der Waals surface area contributed by atoms with E-state index in [2.05, 4.69) is 0 Å². The maximum atomic E-state index is 7.63. The molecule has 0 aromatic carbocycles. The Labute approximate surface area is 75.7 Å². The summed E-state index contributed by atoms with van der Waals surface area (Å²) in [6, 6.07) is 0.280. The van der Waals surface area contributed by atoms with Crippen LogP contribution in [0.4, 0.5) is 0 Å². The van der Waals surface area contributed by atoms with Crippen molar-refractivity contribution in [1.82, 2.24) is 5.73 Å². The van der Waals surface area contributed by atoms with Crippen molar-refractivity contribution in [1.29, 1.82) is 0 Å². The van der Waals surface area contributed by atoms with E-state index in [1.54, 1.807) is 0 Å². The van der Waals surface area contributed by atoms with Gasteiger partial charge in [-0.1, -0.05) is 25.7 Å². The second-order valence-electron chi connectivity index (χ2n) is 4.66. The van der Waals surface area contributed by atoms with E-state index in [-0.39, 0.29) is 6.04 Å². The third-order valence-corrected chi connectivity index (χ3v) is 3.84. The molecule has 1 heteroatoms. The van der Waals surface area contributed by atoms with Crippen LogP contribution in [-0.2, 0) is 0 Å². The third-order valence-electron chi connectivity index (χ3n) is 3.84. The first-order valence-corrected chi connectivity index (χ1v) is 5.57. The molecule has 2 saturated carbocycles. The predicted octanol–water partition coefficient (Wildman–Crippen LogP) is 3.02. The summed E-state index contributed by atoms with van der Waals surface area (Å²) in [6.45, 7) is 0. The molecule has 2 aliphatic rings. The van der Waals surface area contributed by atoms with Gasteiger partial charge in [-0.05, 0) is 37.5 Å². The Hall–Kier alpha value is -0.0400. The highest BCUT2D eigenvalue weighted by Gasteiger charge is 2.28. The molecule has 1 radical (unpaired) electrons. The minimum absolute atomic E-state index is 0.280. The van der Waals surface area contributed by atoms with E-state index in [0.717, 1.165) is 11.8 Å². The molecular formula is C11H20N. The monoisotopic (exact) mass is 166 g/mol. The molecule has 0 unspecified atom stereocenters. The van der Waals surface area contributed by atoms with Crippen molar-refractivity contribution in [2.24, 2.45) is 11.8 Å². The molecule has 0 amide bonds. The molecule has 12 heavy (non-hydrogen) atoms. The molecule has 0 aliphatic heterocycles. The molecule has 0 spiro atoms. The Morgan fingerprint density at radius 3 is 1.75 bits per heavy atom. The van der Waals surface area contributed by atoms with Crippen molar-refractivity contribution in [3.05, 3.63) is 0 Å². The molecule has 0 heterocycles. The van der Waals surface area contributed by atoms with Crippen molar-refractivity contribution in [3.63, 3.8) is 0 Å². The predicted molar refractivity (Wildman–Crippen MR) is 50.8 cm³/mol. The summed E-state index contributed by atoms with van der Waals surface area (Å²) in [4.78, 5) is 0. The first-order chi connectivity index (χ1) is 5.86. The molecule has 2 rings (SSSR count). The number of hydrogen-bond acceptors (Lipinski definition) is 0. The summed E-state index contributed by atoms with van der Waals surface area (Å²) in [7, 11) is 0. The smallest absolute Gasteiger partial charge is 0.0213 e. The molecule has 1 N–H and O–H groups in total. The van der Waals surface area contributed by atoms with Crippen LogP contribution >= 0.6 is 0 Å². The van der Waals surface area contributed by atoms with Gasteiger partial charge < -0.3 is 0 Å². The lowest BCUT2D eigenvalue weighted by atomic mass is 9.78. The molecule has 69 valence electrons. The Morgan fingerprint density at radius 1 is 0.667 bits per heavy atom. The van der Waals surface area contributed by atoms with Crippen LogP contribution in [0.25, 0.3) is 0 Å². The summed E-state index contributed by atoms with van der Waals surface area (Å²) >= 11 is 0. The summed E-state index contributed by atoms with van der Waals surface area (Å²) < 4.78 is 0. The van der Waals surface area contributed by atoms with Crippen molar-refractivity contribution < 1.29 is 0 Å². The SMILES string of the molecule is [NH][C@H]1CC[C@@H](C2CCCC2)CC1. The molecule has 0 aromatic rings. The first kappa shape index (κ1) is 8.55. The van der Waals surface area contributed by atoms with Gasteiger partial charge in [0.2, 0.25) is 0 Å². The molecular weight excluding hydrogens is 146 g/mol. The molecule has 0 atom stereocenters. The minimum atomic E-state index is 0.280. The number of hydrogen-bond donors (Lipinski definition) is 0. The van der Waals surface area contributed by atoms with Crippen LogP contribution in [0.2, 0.25) is 0 Å². The van der Waals surface area contributed by atoms with Crippen molar-refractivity contribution in [2.45, 2.75) is 57.4 Å². The molecule has 1 nitrogen and oxygen atoms in total. The average molecular weight is 166 g/mol. The summed E-state index contributed by atoms with van der Waals surface area (Å²) in [5, 5.41) is 0. The van der Waals surface area contributed by atoms with Crippen LogP contribution in [0.1, 0.15) is 51.4 Å². The normalized spacial score (nSPS) is 38.8. The lowest BCUT2D eigenvalue weighted by Gasteiger charge is -2.29. The van der Waals surface area contributed by atoms with Gasteiger partial charge >= 0.3 is 0 Å². The Bertz CT molecular complexity index is 130. The van der Waals surface area contributed by atoms with Crippen molar-refractivity contribution in [2.75, 3.05) is 0 Å². The summed E-state index contributed by atoms with van der Waals surface area (Å²) in [5.41, 5.74) is 7.63. The maximum absolute atomic E-state index is 7.63. The van der Waals surface area contributed by atoms with E-state index >= 15 is 0 Å². The standard InChI is InChI=1S/C11H20N/c12-11-7-5-10(6-8-11)9-3-1-2-4-9/h9-12H,1-8H2/t10-,11+. The Balaban J connectivity index is 1.80. The fourth-order valence-electron chi connectivity index (χ4n) is 3.02. The largest absolute Gasteiger partial charge is 0.255 e. The van der Waals surface area contributed by atoms with E-state index < -0.39 is 0 Å². The van der Waals surface area contributed by atoms with Gasteiger partial charge in [0.1, 0.15) is 0 Å². The molecule has 2 fully saturated rings. The van der Waals surface area contributed by atoms with E-state index in [9.17, 15) is 0 Å². The van der Waals surface area contributed by atoms with E-state index in [0.29, 0.717) is 0 Å². The summed E-state index contributed by atoms with van der Waals surface area (Å²) in [6.07, 6.45) is 11.0. The van der Waals surface area contributed by atoms with Gasteiger partial charge in [-0.15, -0.1) is 0 Å². The quantitative estimate of drug-likeness (QED) is 0.572. The Morgan fingerprint density at radius 2 is 1.17 bits per heavy atom. The first-order valence-electron chi connectivity index (χ1n) is 5.57. The zero-order valence-electron chi connectivity index (χ0n) is 7.89. The number of nitrogens with one attached hydrogen (secondary N) is 1. The fourth-order valence-corrected chi connectivity index (χ4v) is 3.02. The third kappa shape index (κ3) is 1.82. The van der Waals surface area contributed by atoms with Crippen molar-refractivity contribution >= 4 is 0 Å². The van der Waals surface area contributed by atoms with Gasteiger partial charge in [-0.25, -0.2) is 0 Å². The summed E-state index contributed by atoms with van der Waals surface area (Å²) in [5.74, 6) is 2.06. The zero-order valence-corrected chi connectivity index (χ0v) is 7.89. The minimum Gasteiger partial charge on any atom is -0.255 e. The van der Waals surface area contributed by atoms with Crippen molar-refractivity contribution in [3.8, 4) is 0 Å². The molecule has 0 saturated heterocycles. The van der Waals surface area contributed by atoms with Crippen LogP contribution in [0, 0.1) is 11.8 Å². The Kier molecular flexibility index (Phi) is 2.69. The zero-order chi connectivity index (χ0) is 8.39. The topological polar surface area (TPSA) is 23.8 Å². The van der Waals surface area contributed by atoms with Crippen LogP contribution in [0.5, 0.6) is 0 Å². The number of rotatable bonds is 1. The van der Waals surface area contributed by atoms with E-state index in [1.807, 2.05) is 0 Å². The molecule has 0 aromatic heterocycles. The fraction of sp³-hybridized carbons (Fsp3) is 1.00. The molecule has 2 aliphatic carbocycles. The second kappa shape index (κ2) is 3.78. The van der Waals surface area contributed by atoms with Gasteiger partial charge in [-0.2, -0.15) is 0 Å². The van der Waals surface area contributed by atoms with Crippen LogP contribution in [0.3, 0.4) is 0 Å². The van der Waals surface area contributed by atoms with Gasteiger partial charge in [0.15, 0.2) is 0 Å². The van der Waals surface area contributed by atoms with Gasteiger partial charge in [0, 0.05) is 6.04 Å². The van der Waals surface area contributed by atoms with Gasteiger partial charge in [0.25, 0.3) is 0 Å². The lowest BCUT2D eigenvalue weighted by molar-refractivity contribution is 0.233. The highest BCUT2D eigenvalue weighted by molar-refractivity contribution is 4.81. The van der Waals surface area contributed by atoms with Crippen LogP contribution < -0.4 is 5.73 Å². The van der Waals surface area contributed by atoms with Gasteiger partial charge in [0.05, 0.1) is 0 Å². The van der Waals surface area contributed by atoms with Crippen LogP contribution in [0.15, 0.2) is 0 Å². The average Bonchev–Trinajstić information content (AvgIpc) is 2.58. The van der Waals surface area contributed by atoms with E-state index in [1.165, 1.54) is 51.4 Å². The lowest BCUT2D eigenvalue weighted by Crippen LogP contribution is -2.23. The highest BCUT2D eigenvalue weighted by Crippen LogP contribution is 2.38. The van der Waals surface area contributed by atoms with Crippen LogP contribution in [-0.4, -0.2) is 6.04 Å². The molecule has 0 bridgehead atoms. The maximum Gasteiger partial charge on any atom is 0.0213 e. The highest BCUT2D eigenvalue weighted by atomic mass is 14.6. The van der Waals surface area contributed by atoms with E-state index in [4.69, 9.17) is 5.73 Å². The second-order valence-corrected chi connectivity index (χ2v) is 4.66.